The molecule has 0 saturated carbocycles. The normalized spacial score (nSPS) is 17.8. The van der Waals surface area contributed by atoms with Gasteiger partial charge in [-0.05, 0) is 43.7 Å². The predicted octanol–water partition coefficient (Wildman–Crippen LogP) is 1.50. The maximum absolute atomic E-state index is 12.4. The van der Waals surface area contributed by atoms with Crippen LogP contribution in [-0.4, -0.2) is 57.2 Å². The van der Waals surface area contributed by atoms with Crippen molar-refractivity contribution >= 4 is 34.5 Å². The van der Waals surface area contributed by atoms with Crippen LogP contribution in [0.3, 0.4) is 0 Å². The highest BCUT2D eigenvalue weighted by Gasteiger charge is 2.28. The van der Waals surface area contributed by atoms with E-state index in [1.165, 1.54) is 0 Å². The number of unbranched alkanes of at least 4 members (excludes halogenated alkanes) is 2. The molecule has 0 aromatic carbocycles. The zero-order valence-electron chi connectivity index (χ0n) is 14.0. The molecule has 0 radical (unpaired) electrons. The molecular formula is C16H23ClN6O2. The van der Waals surface area contributed by atoms with Gasteiger partial charge in [-0.15, -0.1) is 0 Å². The molecule has 1 unspecified atom stereocenters. The van der Waals surface area contributed by atoms with Crippen LogP contribution in [0.4, 0.5) is 5.82 Å². The predicted molar refractivity (Wildman–Crippen MR) is 95.6 cm³/mol. The van der Waals surface area contributed by atoms with Crippen molar-refractivity contribution in [3.05, 3.63) is 11.6 Å². The number of nitrogens with zero attached hydrogens (tertiary/aromatic N) is 4. The Morgan fingerprint density at radius 1 is 1.40 bits per heavy atom. The van der Waals surface area contributed by atoms with Gasteiger partial charge in [-0.25, -0.2) is 4.98 Å². The van der Waals surface area contributed by atoms with E-state index in [0.717, 1.165) is 44.2 Å². The summed E-state index contributed by atoms with van der Waals surface area (Å²) in [5.74, 6) is 0.709. The van der Waals surface area contributed by atoms with Crippen LogP contribution < -0.4 is 10.2 Å². The molecule has 2 aromatic rings. The Balaban J connectivity index is 1.62. The minimum atomic E-state index is -0.0710. The number of hydrogen-bond donors (Lipinski definition) is 3. The number of rotatable bonds is 7. The van der Waals surface area contributed by atoms with Gasteiger partial charge in [0.15, 0.2) is 11.5 Å². The first-order chi connectivity index (χ1) is 12.2. The Morgan fingerprint density at radius 2 is 2.28 bits per heavy atom. The van der Waals surface area contributed by atoms with Crippen LogP contribution in [0.5, 0.6) is 0 Å². The van der Waals surface area contributed by atoms with E-state index in [1.807, 2.05) is 0 Å². The highest BCUT2D eigenvalue weighted by molar-refractivity contribution is 6.28. The minimum Gasteiger partial charge on any atom is -0.396 e. The Hall–Kier alpha value is -1.93. The average molecular weight is 367 g/mol. The number of carbonyl (C=O) groups is 1. The van der Waals surface area contributed by atoms with Crippen molar-refractivity contribution in [3.63, 3.8) is 0 Å². The first kappa shape index (κ1) is 17.9. The fourth-order valence-electron chi connectivity index (χ4n) is 3.17. The van der Waals surface area contributed by atoms with Crippen LogP contribution in [0.15, 0.2) is 6.33 Å². The number of halogens is 1. The molecule has 0 spiro atoms. The van der Waals surface area contributed by atoms with Crippen molar-refractivity contribution < 1.29 is 9.90 Å². The summed E-state index contributed by atoms with van der Waals surface area (Å²) < 4.78 is 0. The molecule has 1 aliphatic heterocycles. The number of aromatic amines is 1. The van der Waals surface area contributed by atoms with E-state index >= 15 is 0 Å². The molecule has 1 amide bonds. The molecule has 1 fully saturated rings. The van der Waals surface area contributed by atoms with Gasteiger partial charge < -0.3 is 20.3 Å². The van der Waals surface area contributed by atoms with Crippen molar-refractivity contribution in [3.8, 4) is 0 Å². The first-order valence-corrected chi connectivity index (χ1v) is 9.07. The van der Waals surface area contributed by atoms with E-state index in [1.54, 1.807) is 6.33 Å². The lowest BCUT2D eigenvalue weighted by atomic mass is 9.97. The number of aliphatic hydroxyl groups is 1. The van der Waals surface area contributed by atoms with Crippen molar-refractivity contribution in [1.29, 1.82) is 0 Å². The number of piperidine rings is 1. The van der Waals surface area contributed by atoms with Gasteiger partial charge in [0, 0.05) is 26.2 Å². The molecule has 25 heavy (non-hydrogen) atoms. The number of aromatic nitrogens is 4. The fraction of sp³-hybridized carbons (Fsp3) is 0.625. The number of imidazole rings is 1. The van der Waals surface area contributed by atoms with Crippen LogP contribution in [0.2, 0.25) is 5.28 Å². The SMILES string of the molecule is O=C(NCCCCCO)C1CCCN(c2nc(Cl)nc3nc[nH]c23)C1. The van der Waals surface area contributed by atoms with Crippen LogP contribution in [0, 0.1) is 5.92 Å². The third-order valence-electron chi connectivity index (χ3n) is 4.47. The smallest absolute Gasteiger partial charge is 0.226 e. The first-order valence-electron chi connectivity index (χ1n) is 8.69. The van der Waals surface area contributed by atoms with Gasteiger partial charge in [0.05, 0.1) is 12.2 Å². The van der Waals surface area contributed by atoms with Gasteiger partial charge in [0.25, 0.3) is 0 Å². The highest BCUT2D eigenvalue weighted by atomic mass is 35.5. The Kier molecular flexibility index (Phi) is 6.04. The quantitative estimate of drug-likeness (QED) is 0.506. The summed E-state index contributed by atoms with van der Waals surface area (Å²) in [5.41, 5.74) is 1.28. The van der Waals surface area contributed by atoms with Gasteiger partial charge in [0.1, 0.15) is 5.52 Å². The van der Waals surface area contributed by atoms with E-state index in [2.05, 4.69) is 30.2 Å². The monoisotopic (exact) mass is 366 g/mol. The van der Waals surface area contributed by atoms with Crippen molar-refractivity contribution in [2.45, 2.75) is 32.1 Å². The number of fused-ring (bicyclic) bond motifs is 1. The summed E-state index contributed by atoms with van der Waals surface area (Å²) in [7, 11) is 0. The molecule has 0 bridgehead atoms. The van der Waals surface area contributed by atoms with E-state index in [-0.39, 0.29) is 23.7 Å². The zero-order chi connectivity index (χ0) is 17.6. The summed E-state index contributed by atoms with van der Waals surface area (Å²) in [5, 5.41) is 11.9. The molecule has 3 heterocycles. The number of hydrogen-bond acceptors (Lipinski definition) is 6. The van der Waals surface area contributed by atoms with Gasteiger partial charge in [0.2, 0.25) is 11.2 Å². The second-order valence-electron chi connectivity index (χ2n) is 6.28. The minimum absolute atomic E-state index is 0.0710. The van der Waals surface area contributed by atoms with E-state index in [4.69, 9.17) is 16.7 Å². The van der Waals surface area contributed by atoms with E-state index in [0.29, 0.717) is 24.6 Å². The van der Waals surface area contributed by atoms with Crippen molar-refractivity contribution in [2.75, 3.05) is 31.1 Å². The zero-order valence-corrected chi connectivity index (χ0v) is 14.8. The summed E-state index contributed by atoms with van der Waals surface area (Å²) >= 11 is 6.01. The topological polar surface area (TPSA) is 107 Å². The van der Waals surface area contributed by atoms with Crippen LogP contribution in [0.25, 0.3) is 11.2 Å². The van der Waals surface area contributed by atoms with E-state index < -0.39 is 0 Å². The maximum Gasteiger partial charge on any atom is 0.226 e. The number of anilines is 1. The van der Waals surface area contributed by atoms with Crippen molar-refractivity contribution in [2.24, 2.45) is 5.92 Å². The average Bonchev–Trinajstić information content (AvgIpc) is 3.09. The molecule has 1 saturated heterocycles. The Morgan fingerprint density at radius 3 is 3.12 bits per heavy atom. The molecule has 1 atom stereocenters. The van der Waals surface area contributed by atoms with Gasteiger partial charge in [-0.3, -0.25) is 4.79 Å². The van der Waals surface area contributed by atoms with Crippen LogP contribution in [-0.2, 0) is 4.79 Å². The van der Waals surface area contributed by atoms with Gasteiger partial charge >= 0.3 is 0 Å². The number of amides is 1. The second kappa shape index (κ2) is 8.44. The molecule has 0 aliphatic carbocycles. The summed E-state index contributed by atoms with van der Waals surface area (Å²) in [6.07, 6.45) is 5.94. The molecule has 2 aromatic heterocycles. The molecule has 1 aliphatic rings. The Bertz CT molecular complexity index is 722. The fourth-order valence-corrected chi connectivity index (χ4v) is 3.33. The van der Waals surface area contributed by atoms with Crippen LogP contribution in [0.1, 0.15) is 32.1 Å². The lowest BCUT2D eigenvalue weighted by Gasteiger charge is -2.33. The third-order valence-corrected chi connectivity index (χ3v) is 4.63. The summed E-state index contributed by atoms with van der Waals surface area (Å²) in [6, 6.07) is 0. The number of H-pyrrole nitrogens is 1. The maximum atomic E-state index is 12.4. The third kappa shape index (κ3) is 4.38. The molecular weight excluding hydrogens is 344 g/mol. The molecule has 9 heteroatoms. The van der Waals surface area contributed by atoms with Gasteiger partial charge in [-0.1, -0.05) is 0 Å². The molecule has 3 rings (SSSR count). The van der Waals surface area contributed by atoms with Crippen LogP contribution >= 0.6 is 11.6 Å². The second-order valence-corrected chi connectivity index (χ2v) is 6.62. The Labute approximate surface area is 151 Å². The summed E-state index contributed by atoms with van der Waals surface area (Å²) in [6.45, 7) is 2.28. The van der Waals surface area contributed by atoms with E-state index in [9.17, 15) is 4.79 Å². The summed E-state index contributed by atoms with van der Waals surface area (Å²) in [4.78, 5) is 30.1. The lowest BCUT2D eigenvalue weighted by Crippen LogP contribution is -2.43. The largest absolute Gasteiger partial charge is 0.396 e. The molecule has 8 nitrogen and oxygen atoms in total. The van der Waals surface area contributed by atoms with Gasteiger partial charge in [-0.2, -0.15) is 9.97 Å². The number of aliphatic hydroxyl groups excluding tert-OH is 1. The van der Waals surface area contributed by atoms with Crippen molar-refractivity contribution in [1.82, 2.24) is 25.3 Å². The highest BCUT2D eigenvalue weighted by Crippen LogP contribution is 2.27. The standard InChI is InChI=1S/C16H23ClN6O2/c17-16-21-13-12(19-10-20-13)14(22-16)23-7-4-5-11(9-23)15(25)18-6-2-1-3-8-24/h10-11,24H,1-9H2,(H,18,25)(H,19,20,21,22). The molecule has 136 valence electrons. The number of nitrogens with one attached hydrogen (secondary N) is 2. The number of carbonyl (C=O) groups excluding carboxylic acids is 1. The molecule has 3 N–H and O–H groups in total. The lowest BCUT2D eigenvalue weighted by molar-refractivity contribution is -0.125.